The SMILES string of the molecule is COc1ccccc1C(=O)Nc1ccc(Nc2cc(Cl)ccc2C)nc1. The van der Waals surface area contributed by atoms with Gasteiger partial charge in [0.15, 0.2) is 0 Å². The van der Waals surface area contributed by atoms with Gasteiger partial charge in [0.1, 0.15) is 11.6 Å². The number of aromatic nitrogens is 1. The zero-order chi connectivity index (χ0) is 18.5. The van der Waals surface area contributed by atoms with Gasteiger partial charge in [-0.15, -0.1) is 0 Å². The molecule has 0 spiro atoms. The summed E-state index contributed by atoms with van der Waals surface area (Å²) in [4.78, 5) is 16.7. The average Bonchev–Trinajstić information content (AvgIpc) is 2.66. The lowest BCUT2D eigenvalue weighted by molar-refractivity contribution is 0.102. The first-order valence-corrected chi connectivity index (χ1v) is 8.38. The van der Waals surface area contributed by atoms with Crippen molar-refractivity contribution in [2.75, 3.05) is 17.7 Å². The molecule has 0 saturated heterocycles. The van der Waals surface area contributed by atoms with Gasteiger partial charge in [0.2, 0.25) is 0 Å². The van der Waals surface area contributed by atoms with Gasteiger partial charge in [-0.3, -0.25) is 4.79 Å². The zero-order valence-electron chi connectivity index (χ0n) is 14.4. The van der Waals surface area contributed by atoms with E-state index in [4.69, 9.17) is 16.3 Å². The number of para-hydroxylation sites is 1. The monoisotopic (exact) mass is 367 g/mol. The minimum absolute atomic E-state index is 0.254. The number of ether oxygens (including phenoxy) is 1. The fourth-order valence-electron chi connectivity index (χ4n) is 2.44. The third kappa shape index (κ3) is 4.13. The Bertz CT molecular complexity index is 927. The number of anilines is 3. The number of hydrogen-bond acceptors (Lipinski definition) is 4. The van der Waals surface area contributed by atoms with Crippen LogP contribution in [0.4, 0.5) is 17.2 Å². The van der Waals surface area contributed by atoms with Crippen LogP contribution in [0.2, 0.25) is 5.02 Å². The van der Waals surface area contributed by atoms with E-state index in [2.05, 4.69) is 15.6 Å². The maximum absolute atomic E-state index is 12.4. The summed E-state index contributed by atoms with van der Waals surface area (Å²) in [7, 11) is 1.53. The molecule has 0 fully saturated rings. The van der Waals surface area contributed by atoms with E-state index in [1.54, 1.807) is 36.5 Å². The van der Waals surface area contributed by atoms with Gasteiger partial charge < -0.3 is 15.4 Å². The van der Waals surface area contributed by atoms with Gasteiger partial charge in [0.25, 0.3) is 5.91 Å². The highest BCUT2D eigenvalue weighted by Crippen LogP contribution is 2.24. The van der Waals surface area contributed by atoms with E-state index in [1.165, 1.54) is 7.11 Å². The predicted octanol–water partition coefficient (Wildman–Crippen LogP) is 5.05. The lowest BCUT2D eigenvalue weighted by Crippen LogP contribution is -2.13. The molecular formula is C20H18ClN3O2. The molecule has 2 aromatic carbocycles. The Balaban J connectivity index is 1.71. The molecule has 3 aromatic rings. The summed E-state index contributed by atoms with van der Waals surface area (Å²) < 4.78 is 5.21. The van der Waals surface area contributed by atoms with E-state index in [9.17, 15) is 4.79 Å². The minimum atomic E-state index is -0.254. The summed E-state index contributed by atoms with van der Waals surface area (Å²) in [5, 5.41) is 6.68. The van der Waals surface area contributed by atoms with Crippen LogP contribution in [0.5, 0.6) is 5.75 Å². The average molecular weight is 368 g/mol. The Kier molecular flexibility index (Phi) is 5.39. The molecule has 132 valence electrons. The number of aryl methyl sites for hydroxylation is 1. The number of carbonyl (C=O) groups excluding carboxylic acids is 1. The molecule has 3 rings (SSSR count). The van der Waals surface area contributed by atoms with Crippen LogP contribution >= 0.6 is 11.6 Å². The second-order valence-electron chi connectivity index (χ2n) is 5.67. The minimum Gasteiger partial charge on any atom is -0.496 e. The third-order valence-corrected chi connectivity index (χ3v) is 4.07. The highest BCUT2D eigenvalue weighted by atomic mass is 35.5. The predicted molar refractivity (Wildman–Crippen MR) is 105 cm³/mol. The van der Waals surface area contributed by atoms with Crippen molar-refractivity contribution in [1.29, 1.82) is 0 Å². The van der Waals surface area contributed by atoms with Crippen LogP contribution in [0.25, 0.3) is 0 Å². The number of rotatable bonds is 5. The van der Waals surface area contributed by atoms with Crippen molar-refractivity contribution in [1.82, 2.24) is 4.98 Å². The van der Waals surface area contributed by atoms with Gasteiger partial charge in [-0.25, -0.2) is 4.98 Å². The van der Waals surface area contributed by atoms with Crippen molar-refractivity contribution in [2.24, 2.45) is 0 Å². The fraction of sp³-hybridized carbons (Fsp3) is 0.100. The van der Waals surface area contributed by atoms with Gasteiger partial charge in [0, 0.05) is 10.7 Å². The molecule has 26 heavy (non-hydrogen) atoms. The Hall–Kier alpha value is -3.05. The molecule has 1 amide bonds. The number of methoxy groups -OCH3 is 1. The first-order valence-electron chi connectivity index (χ1n) is 8.00. The highest BCUT2D eigenvalue weighted by molar-refractivity contribution is 6.30. The van der Waals surface area contributed by atoms with Crippen molar-refractivity contribution in [3.63, 3.8) is 0 Å². The molecule has 0 aliphatic heterocycles. The van der Waals surface area contributed by atoms with Gasteiger partial charge >= 0.3 is 0 Å². The molecule has 0 aliphatic rings. The summed E-state index contributed by atoms with van der Waals surface area (Å²) in [6.45, 7) is 1.99. The van der Waals surface area contributed by atoms with Gasteiger partial charge in [-0.05, 0) is 48.9 Å². The van der Waals surface area contributed by atoms with E-state index < -0.39 is 0 Å². The number of amides is 1. The second-order valence-corrected chi connectivity index (χ2v) is 6.11. The van der Waals surface area contributed by atoms with E-state index >= 15 is 0 Å². The maximum atomic E-state index is 12.4. The van der Waals surface area contributed by atoms with Crippen LogP contribution in [-0.4, -0.2) is 18.0 Å². The number of hydrogen-bond donors (Lipinski definition) is 2. The van der Waals surface area contributed by atoms with E-state index in [0.717, 1.165) is 11.3 Å². The normalized spacial score (nSPS) is 10.3. The summed E-state index contributed by atoms with van der Waals surface area (Å²) in [6, 6.07) is 16.2. The van der Waals surface area contributed by atoms with Crippen LogP contribution in [0, 0.1) is 6.92 Å². The Labute approximate surface area is 157 Å². The molecule has 1 heterocycles. The molecule has 1 aromatic heterocycles. The molecule has 0 unspecified atom stereocenters. The highest BCUT2D eigenvalue weighted by Gasteiger charge is 2.11. The van der Waals surface area contributed by atoms with Crippen LogP contribution < -0.4 is 15.4 Å². The summed E-state index contributed by atoms with van der Waals surface area (Å²) in [6.07, 6.45) is 1.59. The maximum Gasteiger partial charge on any atom is 0.259 e. The van der Waals surface area contributed by atoms with Crippen LogP contribution in [0.1, 0.15) is 15.9 Å². The Morgan fingerprint density at radius 2 is 1.92 bits per heavy atom. The fourth-order valence-corrected chi connectivity index (χ4v) is 2.61. The van der Waals surface area contributed by atoms with Gasteiger partial charge in [0.05, 0.1) is 24.6 Å². The second kappa shape index (κ2) is 7.89. The van der Waals surface area contributed by atoms with Crippen molar-refractivity contribution in [3.8, 4) is 5.75 Å². The Morgan fingerprint density at radius 1 is 1.12 bits per heavy atom. The molecule has 2 N–H and O–H groups in total. The molecule has 0 atom stereocenters. The Morgan fingerprint density at radius 3 is 2.65 bits per heavy atom. The standard InChI is InChI=1S/C20H18ClN3O2/c1-13-7-8-14(21)11-17(13)24-19-10-9-15(12-22-19)23-20(25)16-5-3-4-6-18(16)26-2/h3-12H,1-2H3,(H,22,24)(H,23,25). The lowest BCUT2D eigenvalue weighted by atomic mass is 10.2. The molecule has 0 aliphatic carbocycles. The number of halogens is 1. The van der Waals surface area contributed by atoms with Crippen LogP contribution in [0.15, 0.2) is 60.8 Å². The molecule has 6 heteroatoms. The van der Waals surface area contributed by atoms with Crippen molar-refractivity contribution in [3.05, 3.63) is 76.9 Å². The quantitative estimate of drug-likeness (QED) is 0.662. The first kappa shape index (κ1) is 17.8. The van der Waals surface area contributed by atoms with Crippen LogP contribution in [-0.2, 0) is 0 Å². The molecule has 0 saturated carbocycles. The van der Waals surface area contributed by atoms with Gasteiger partial charge in [-0.1, -0.05) is 29.8 Å². The summed E-state index contributed by atoms with van der Waals surface area (Å²) in [5.41, 5.74) is 3.00. The van der Waals surface area contributed by atoms with E-state index in [1.807, 2.05) is 31.2 Å². The van der Waals surface area contributed by atoms with Crippen molar-refractivity contribution in [2.45, 2.75) is 6.92 Å². The summed E-state index contributed by atoms with van der Waals surface area (Å²) in [5.74, 6) is 0.925. The summed E-state index contributed by atoms with van der Waals surface area (Å²) >= 11 is 6.03. The molecular weight excluding hydrogens is 350 g/mol. The number of nitrogens with one attached hydrogen (secondary N) is 2. The number of pyridine rings is 1. The van der Waals surface area contributed by atoms with Crippen molar-refractivity contribution < 1.29 is 9.53 Å². The first-order chi connectivity index (χ1) is 12.6. The molecule has 5 nitrogen and oxygen atoms in total. The van der Waals surface area contributed by atoms with E-state index in [0.29, 0.717) is 27.8 Å². The topological polar surface area (TPSA) is 63.2 Å². The van der Waals surface area contributed by atoms with Gasteiger partial charge in [-0.2, -0.15) is 0 Å². The number of benzene rings is 2. The van der Waals surface area contributed by atoms with Crippen molar-refractivity contribution >= 4 is 34.7 Å². The third-order valence-electron chi connectivity index (χ3n) is 3.84. The smallest absolute Gasteiger partial charge is 0.259 e. The zero-order valence-corrected chi connectivity index (χ0v) is 15.2. The van der Waals surface area contributed by atoms with Crippen LogP contribution in [0.3, 0.4) is 0 Å². The number of carbonyl (C=O) groups is 1. The molecule has 0 radical (unpaired) electrons. The van der Waals surface area contributed by atoms with E-state index in [-0.39, 0.29) is 5.91 Å². The largest absolute Gasteiger partial charge is 0.496 e. The number of nitrogens with zero attached hydrogens (tertiary/aromatic N) is 1. The lowest BCUT2D eigenvalue weighted by Gasteiger charge is -2.11. The molecule has 0 bridgehead atoms.